The topological polar surface area (TPSA) is 60.4 Å². The minimum absolute atomic E-state index is 0.0163. The maximum absolute atomic E-state index is 11.2. The van der Waals surface area contributed by atoms with Crippen LogP contribution < -0.4 is 0 Å². The molecule has 0 unspecified atom stereocenters. The molecule has 1 saturated carbocycles. The van der Waals surface area contributed by atoms with Gasteiger partial charge in [0.05, 0.1) is 18.8 Å². The molecule has 0 aromatic heterocycles. The fraction of sp³-hybridized carbons (Fsp3) is 0.889. The van der Waals surface area contributed by atoms with E-state index in [4.69, 9.17) is 10.7 Å². The summed E-state index contributed by atoms with van der Waals surface area (Å²) in [5.74, 6) is -0.150. The number of hydrogen-bond donors (Lipinski definition) is 0. The van der Waals surface area contributed by atoms with E-state index in [1.807, 2.05) is 0 Å². The van der Waals surface area contributed by atoms with Crippen molar-refractivity contribution in [2.45, 2.75) is 25.7 Å². The van der Waals surface area contributed by atoms with Gasteiger partial charge in [0, 0.05) is 10.7 Å². The monoisotopic (exact) mass is 254 g/mol. The number of esters is 1. The van der Waals surface area contributed by atoms with Crippen LogP contribution in [0.5, 0.6) is 0 Å². The summed E-state index contributed by atoms with van der Waals surface area (Å²) in [5, 5.41) is 0. The van der Waals surface area contributed by atoms with E-state index in [0.717, 1.165) is 12.8 Å². The minimum Gasteiger partial charge on any atom is -0.469 e. The second-order valence-corrected chi connectivity index (χ2v) is 6.77. The van der Waals surface area contributed by atoms with Crippen molar-refractivity contribution >= 4 is 25.7 Å². The zero-order chi connectivity index (χ0) is 11.5. The number of carbonyl (C=O) groups is 1. The van der Waals surface area contributed by atoms with Crippen LogP contribution in [0.4, 0.5) is 0 Å². The molecule has 88 valence electrons. The van der Waals surface area contributed by atoms with Crippen molar-refractivity contribution < 1.29 is 17.9 Å². The van der Waals surface area contributed by atoms with Gasteiger partial charge in [-0.1, -0.05) is 0 Å². The molecule has 6 heteroatoms. The van der Waals surface area contributed by atoms with Crippen molar-refractivity contribution in [3.8, 4) is 0 Å². The first kappa shape index (κ1) is 12.8. The van der Waals surface area contributed by atoms with Crippen molar-refractivity contribution in [2.24, 2.45) is 11.8 Å². The molecule has 1 aliphatic carbocycles. The van der Waals surface area contributed by atoms with E-state index in [2.05, 4.69) is 4.74 Å². The zero-order valence-corrected chi connectivity index (χ0v) is 10.2. The summed E-state index contributed by atoms with van der Waals surface area (Å²) in [5.41, 5.74) is 0. The van der Waals surface area contributed by atoms with E-state index in [1.54, 1.807) is 0 Å². The van der Waals surface area contributed by atoms with Crippen molar-refractivity contribution in [3.05, 3.63) is 0 Å². The molecule has 0 spiro atoms. The van der Waals surface area contributed by atoms with Crippen molar-refractivity contribution in [2.75, 3.05) is 12.9 Å². The van der Waals surface area contributed by atoms with Gasteiger partial charge in [-0.3, -0.25) is 4.79 Å². The van der Waals surface area contributed by atoms with Gasteiger partial charge in [-0.15, -0.1) is 0 Å². The van der Waals surface area contributed by atoms with Crippen molar-refractivity contribution in [1.82, 2.24) is 0 Å². The van der Waals surface area contributed by atoms with Crippen LogP contribution in [-0.4, -0.2) is 27.2 Å². The molecule has 0 aromatic rings. The molecule has 15 heavy (non-hydrogen) atoms. The predicted octanol–water partition coefficient (Wildman–Crippen LogP) is 1.53. The van der Waals surface area contributed by atoms with Gasteiger partial charge in [-0.25, -0.2) is 8.42 Å². The average Bonchev–Trinajstić information content (AvgIpc) is 2.15. The number of ether oxygens (including phenoxy) is 1. The molecule has 1 rings (SSSR count). The van der Waals surface area contributed by atoms with Crippen LogP contribution in [0.3, 0.4) is 0 Å². The Morgan fingerprint density at radius 2 is 1.87 bits per heavy atom. The zero-order valence-electron chi connectivity index (χ0n) is 8.61. The molecule has 0 bridgehead atoms. The van der Waals surface area contributed by atoms with Gasteiger partial charge in [0.25, 0.3) is 0 Å². The summed E-state index contributed by atoms with van der Waals surface area (Å²) in [6.45, 7) is 0. The van der Waals surface area contributed by atoms with E-state index >= 15 is 0 Å². The van der Waals surface area contributed by atoms with Crippen LogP contribution >= 0.6 is 10.7 Å². The van der Waals surface area contributed by atoms with Gasteiger partial charge < -0.3 is 4.74 Å². The molecule has 1 aliphatic rings. The third kappa shape index (κ3) is 4.38. The second-order valence-electron chi connectivity index (χ2n) is 3.95. The minimum atomic E-state index is -3.41. The van der Waals surface area contributed by atoms with Crippen LogP contribution in [0.25, 0.3) is 0 Å². The van der Waals surface area contributed by atoms with Crippen LogP contribution in [-0.2, 0) is 18.6 Å². The SMILES string of the molecule is COC(=O)C1CCC(CS(=O)(=O)Cl)CC1. The lowest BCUT2D eigenvalue weighted by atomic mass is 9.83. The maximum atomic E-state index is 11.2. The first-order valence-electron chi connectivity index (χ1n) is 4.92. The molecule has 0 heterocycles. The molecule has 0 aromatic carbocycles. The first-order valence-corrected chi connectivity index (χ1v) is 7.40. The van der Waals surface area contributed by atoms with Gasteiger partial charge in [-0.05, 0) is 31.6 Å². The van der Waals surface area contributed by atoms with E-state index in [9.17, 15) is 13.2 Å². The number of halogens is 1. The van der Waals surface area contributed by atoms with E-state index in [-0.39, 0.29) is 23.6 Å². The van der Waals surface area contributed by atoms with Gasteiger partial charge >= 0.3 is 5.97 Å². The fourth-order valence-corrected chi connectivity index (χ4v) is 3.44. The Balaban J connectivity index is 2.39. The van der Waals surface area contributed by atoms with Gasteiger partial charge in [0.2, 0.25) is 9.05 Å². The van der Waals surface area contributed by atoms with E-state index in [1.165, 1.54) is 7.11 Å². The number of carbonyl (C=O) groups excluding carboxylic acids is 1. The highest BCUT2D eigenvalue weighted by Crippen LogP contribution is 2.30. The molecule has 0 radical (unpaired) electrons. The quantitative estimate of drug-likeness (QED) is 0.566. The second kappa shape index (κ2) is 5.16. The Hall–Kier alpha value is -0.290. The van der Waals surface area contributed by atoms with E-state index < -0.39 is 9.05 Å². The molecular weight excluding hydrogens is 240 g/mol. The first-order chi connectivity index (χ1) is 6.92. The predicted molar refractivity (Wildman–Crippen MR) is 57.1 cm³/mol. The lowest BCUT2D eigenvalue weighted by Gasteiger charge is -2.25. The summed E-state index contributed by atoms with van der Waals surface area (Å²) in [7, 11) is 3.13. The van der Waals surface area contributed by atoms with Crippen molar-refractivity contribution in [3.63, 3.8) is 0 Å². The summed E-state index contributed by atoms with van der Waals surface area (Å²) in [6.07, 6.45) is 2.85. The Morgan fingerprint density at radius 1 is 1.33 bits per heavy atom. The van der Waals surface area contributed by atoms with Gasteiger partial charge in [0.15, 0.2) is 0 Å². The third-order valence-corrected chi connectivity index (χ3v) is 4.06. The lowest BCUT2D eigenvalue weighted by Crippen LogP contribution is -2.25. The highest BCUT2D eigenvalue weighted by Gasteiger charge is 2.28. The fourth-order valence-electron chi connectivity index (χ4n) is 2.01. The standard InChI is InChI=1S/C9H15ClO4S/c1-14-9(11)8-4-2-7(3-5-8)6-15(10,12)13/h7-8H,2-6H2,1H3. The molecule has 4 nitrogen and oxygen atoms in total. The Bertz CT molecular complexity index is 317. The van der Waals surface area contributed by atoms with Crippen LogP contribution in [0, 0.1) is 11.8 Å². The van der Waals surface area contributed by atoms with Gasteiger partial charge in [0.1, 0.15) is 0 Å². The number of rotatable bonds is 3. The Labute approximate surface area is 94.4 Å². The average molecular weight is 255 g/mol. The molecule has 0 N–H and O–H groups in total. The van der Waals surface area contributed by atoms with Crippen LogP contribution in [0.15, 0.2) is 0 Å². The summed E-state index contributed by atoms with van der Waals surface area (Å²) < 4.78 is 26.3. The smallest absolute Gasteiger partial charge is 0.308 e. The van der Waals surface area contributed by atoms with Crippen LogP contribution in [0.1, 0.15) is 25.7 Å². The maximum Gasteiger partial charge on any atom is 0.308 e. The summed E-state index contributed by atoms with van der Waals surface area (Å²) in [6, 6.07) is 0. The number of methoxy groups -OCH3 is 1. The van der Waals surface area contributed by atoms with E-state index in [0.29, 0.717) is 12.8 Å². The number of hydrogen-bond acceptors (Lipinski definition) is 4. The van der Waals surface area contributed by atoms with Crippen molar-refractivity contribution in [1.29, 1.82) is 0 Å². The largest absolute Gasteiger partial charge is 0.469 e. The highest BCUT2D eigenvalue weighted by molar-refractivity contribution is 8.13. The normalized spacial score (nSPS) is 27.3. The lowest BCUT2D eigenvalue weighted by molar-refractivity contribution is -0.146. The highest BCUT2D eigenvalue weighted by atomic mass is 35.7. The molecular formula is C9H15ClO4S. The third-order valence-electron chi connectivity index (χ3n) is 2.82. The Kier molecular flexibility index (Phi) is 4.40. The molecule has 0 saturated heterocycles. The molecule has 1 fully saturated rings. The Morgan fingerprint density at radius 3 is 2.27 bits per heavy atom. The molecule has 0 amide bonds. The molecule has 0 aliphatic heterocycles. The summed E-state index contributed by atoms with van der Waals surface area (Å²) >= 11 is 0. The summed E-state index contributed by atoms with van der Waals surface area (Å²) in [4.78, 5) is 11.2. The molecule has 0 atom stereocenters. The van der Waals surface area contributed by atoms with Gasteiger partial charge in [-0.2, -0.15) is 0 Å². The van der Waals surface area contributed by atoms with Crippen LogP contribution in [0.2, 0.25) is 0 Å².